The van der Waals surface area contributed by atoms with Gasteiger partial charge >= 0.3 is 0 Å². The zero-order chi connectivity index (χ0) is 16.1. The Hall–Kier alpha value is -0.870. The zero-order valence-corrected chi connectivity index (χ0v) is 15.2. The summed E-state index contributed by atoms with van der Waals surface area (Å²) in [5, 5.41) is 0. The Morgan fingerprint density at radius 3 is 1.92 bits per heavy atom. The Morgan fingerprint density at radius 1 is 0.833 bits per heavy atom. The maximum atomic E-state index is 13.5. The summed E-state index contributed by atoms with van der Waals surface area (Å²) in [5.74, 6) is 2.64. The molecule has 4 aliphatic carbocycles. The molecule has 0 amide bonds. The van der Waals surface area contributed by atoms with Crippen molar-refractivity contribution in [1.82, 2.24) is 4.31 Å². The van der Waals surface area contributed by atoms with E-state index in [1.165, 1.54) is 44.2 Å². The van der Waals surface area contributed by atoms with Crippen molar-refractivity contribution in [2.24, 2.45) is 17.8 Å². The number of hydrogen-bond acceptors (Lipinski definition) is 2. The van der Waals surface area contributed by atoms with E-state index in [2.05, 4.69) is 39.5 Å². The van der Waals surface area contributed by atoms with Gasteiger partial charge < -0.3 is 4.90 Å². The predicted molar refractivity (Wildman–Crippen MR) is 99.3 cm³/mol. The smallest absolute Gasteiger partial charge is 0.101 e. The van der Waals surface area contributed by atoms with Crippen molar-refractivity contribution in [1.29, 1.82) is 0 Å². The summed E-state index contributed by atoms with van der Waals surface area (Å²) in [6, 6.07) is 10.7. The largest absolute Gasteiger partial charge is 0.369 e. The van der Waals surface area contributed by atoms with E-state index >= 15 is 0 Å². The number of rotatable bonds is 3. The fraction of sp³-hybridized carbons (Fsp3) is 0.700. The Morgan fingerprint density at radius 2 is 1.38 bits per heavy atom. The number of para-hydroxylation sites is 1. The molecule has 1 aliphatic heterocycles. The molecule has 0 spiro atoms. The minimum atomic E-state index is -0.776. The summed E-state index contributed by atoms with van der Waals surface area (Å²) >= 11 is 0. The van der Waals surface area contributed by atoms with Crippen LogP contribution in [0, 0.1) is 17.8 Å². The average Bonchev–Trinajstić information content (AvgIpc) is 2.61. The van der Waals surface area contributed by atoms with Crippen LogP contribution < -0.4 is 4.90 Å². The minimum Gasteiger partial charge on any atom is -0.369 e. The lowest BCUT2D eigenvalue weighted by molar-refractivity contribution is 0.0339. The molecule has 0 unspecified atom stereocenters. The summed E-state index contributed by atoms with van der Waals surface area (Å²) in [6.45, 7) is 3.90. The van der Waals surface area contributed by atoms with E-state index in [-0.39, 0.29) is 4.75 Å². The summed E-state index contributed by atoms with van der Waals surface area (Å²) in [6.07, 6.45) is 8.01. The maximum absolute atomic E-state index is 13.5. The maximum Gasteiger partial charge on any atom is 0.101 e. The Labute approximate surface area is 148 Å². The highest BCUT2D eigenvalue weighted by molar-refractivity contribution is 7.84. The number of anilines is 1. The van der Waals surface area contributed by atoms with Crippen LogP contribution in [0.5, 0.6) is 0 Å². The third kappa shape index (κ3) is 2.53. The van der Waals surface area contributed by atoms with Gasteiger partial charge in [-0.1, -0.05) is 18.2 Å². The van der Waals surface area contributed by atoms with E-state index in [1.807, 2.05) is 0 Å². The second-order valence-corrected chi connectivity index (χ2v) is 10.5. The SMILES string of the molecule is O=[S@](N1CCN(c2ccccc2)CC1)C12CC3CC(CC(C3)C1)C2. The molecule has 1 heterocycles. The van der Waals surface area contributed by atoms with E-state index < -0.39 is 11.0 Å². The van der Waals surface area contributed by atoms with Crippen molar-refractivity contribution in [3.05, 3.63) is 30.3 Å². The molecule has 5 fully saturated rings. The molecule has 0 radical (unpaired) electrons. The first-order chi connectivity index (χ1) is 11.7. The number of hydrogen-bond donors (Lipinski definition) is 0. The molecule has 4 heteroatoms. The number of piperazine rings is 1. The molecule has 4 bridgehead atoms. The van der Waals surface area contributed by atoms with E-state index in [0.29, 0.717) is 0 Å². The molecule has 3 nitrogen and oxygen atoms in total. The van der Waals surface area contributed by atoms with Gasteiger partial charge in [0.05, 0.1) is 4.75 Å². The average molecular weight is 345 g/mol. The standard InChI is InChI=1S/C20H28N2OS/c23-24(20-13-16-10-17(14-20)12-18(11-16)15-20)22-8-6-21(7-9-22)19-4-2-1-3-5-19/h1-5,16-18H,6-15H2/t16?,17?,18?,20?,24-/m0/s1. The molecule has 130 valence electrons. The summed E-state index contributed by atoms with van der Waals surface area (Å²) in [7, 11) is -0.776. The fourth-order valence-corrected chi connectivity index (χ4v) is 8.45. The van der Waals surface area contributed by atoms with Crippen LogP contribution in [0.25, 0.3) is 0 Å². The van der Waals surface area contributed by atoms with Crippen LogP contribution in [-0.4, -0.2) is 39.4 Å². The first kappa shape index (κ1) is 15.4. The van der Waals surface area contributed by atoms with Crippen LogP contribution in [0.1, 0.15) is 38.5 Å². The molecular weight excluding hydrogens is 316 g/mol. The topological polar surface area (TPSA) is 23.6 Å². The molecule has 1 saturated heterocycles. The van der Waals surface area contributed by atoms with E-state index in [1.54, 1.807) is 0 Å². The van der Waals surface area contributed by atoms with E-state index in [4.69, 9.17) is 0 Å². The fourth-order valence-electron chi connectivity index (χ4n) is 6.27. The van der Waals surface area contributed by atoms with E-state index in [9.17, 15) is 4.21 Å². The lowest BCUT2D eigenvalue weighted by Crippen LogP contribution is -2.58. The molecule has 4 saturated carbocycles. The summed E-state index contributed by atoms with van der Waals surface area (Å²) < 4.78 is 16.0. The van der Waals surface area contributed by atoms with Crippen molar-refractivity contribution < 1.29 is 4.21 Å². The van der Waals surface area contributed by atoms with Gasteiger partial charge in [0.1, 0.15) is 11.0 Å². The van der Waals surface area contributed by atoms with Crippen LogP contribution >= 0.6 is 0 Å². The Kier molecular flexibility index (Phi) is 3.75. The summed E-state index contributed by atoms with van der Waals surface area (Å²) in [5.41, 5.74) is 1.30. The number of nitrogens with zero attached hydrogens (tertiary/aromatic N) is 2. The zero-order valence-electron chi connectivity index (χ0n) is 14.4. The first-order valence-corrected chi connectivity index (χ1v) is 10.8. The van der Waals surface area contributed by atoms with Gasteiger partial charge in [-0.15, -0.1) is 0 Å². The number of benzene rings is 1. The van der Waals surface area contributed by atoms with Gasteiger partial charge in [-0.3, -0.25) is 0 Å². The van der Waals surface area contributed by atoms with Gasteiger partial charge in [0.25, 0.3) is 0 Å². The van der Waals surface area contributed by atoms with Gasteiger partial charge in [0.15, 0.2) is 0 Å². The first-order valence-electron chi connectivity index (χ1n) is 9.69. The third-order valence-electron chi connectivity index (χ3n) is 6.95. The quantitative estimate of drug-likeness (QED) is 0.838. The van der Waals surface area contributed by atoms with Crippen LogP contribution in [0.15, 0.2) is 30.3 Å². The lowest BCUT2D eigenvalue weighted by Gasteiger charge is -2.57. The minimum absolute atomic E-state index is 0.143. The highest BCUT2D eigenvalue weighted by Gasteiger charge is 2.55. The molecule has 1 atom stereocenters. The van der Waals surface area contributed by atoms with E-state index in [0.717, 1.165) is 43.9 Å². The molecule has 24 heavy (non-hydrogen) atoms. The van der Waals surface area contributed by atoms with Gasteiger partial charge in [-0.2, -0.15) is 0 Å². The normalized spacial score (nSPS) is 40.0. The van der Waals surface area contributed by atoms with Crippen LogP contribution in [0.4, 0.5) is 5.69 Å². The summed E-state index contributed by atoms with van der Waals surface area (Å²) in [4.78, 5) is 2.44. The second-order valence-electron chi connectivity index (χ2n) is 8.60. The van der Waals surface area contributed by atoms with Crippen LogP contribution in [-0.2, 0) is 11.0 Å². The molecule has 5 aliphatic rings. The second kappa shape index (κ2) is 5.84. The molecule has 0 N–H and O–H groups in total. The molecule has 1 aromatic carbocycles. The van der Waals surface area contributed by atoms with Crippen LogP contribution in [0.3, 0.4) is 0 Å². The van der Waals surface area contributed by atoms with Crippen molar-refractivity contribution in [2.45, 2.75) is 43.3 Å². The molecule has 6 rings (SSSR count). The van der Waals surface area contributed by atoms with Gasteiger partial charge in [0.2, 0.25) is 0 Å². The predicted octanol–water partition coefficient (Wildman–Crippen LogP) is 3.44. The lowest BCUT2D eigenvalue weighted by atomic mass is 9.56. The highest BCUT2D eigenvalue weighted by atomic mass is 32.2. The highest BCUT2D eigenvalue weighted by Crippen LogP contribution is 2.58. The van der Waals surface area contributed by atoms with Crippen molar-refractivity contribution >= 4 is 16.7 Å². The van der Waals surface area contributed by atoms with Crippen molar-refractivity contribution in [2.75, 3.05) is 31.1 Å². The monoisotopic (exact) mass is 344 g/mol. The molecule has 1 aromatic rings. The van der Waals surface area contributed by atoms with Gasteiger partial charge in [0, 0.05) is 31.9 Å². The van der Waals surface area contributed by atoms with Crippen LogP contribution in [0.2, 0.25) is 0 Å². The van der Waals surface area contributed by atoms with Crippen molar-refractivity contribution in [3.63, 3.8) is 0 Å². The Balaban J connectivity index is 1.28. The molecule has 0 aromatic heterocycles. The molecular formula is C20H28N2OS. The van der Waals surface area contributed by atoms with Gasteiger partial charge in [-0.25, -0.2) is 8.51 Å². The van der Waals surface area contributed by atoms with Crippen molar-refractivity contribution in [3.8, 4) is 0 Å². The Bertz CT molecular complexity index is 589. The van der Waals surface area contributed by atoms with Gasteiger partial charge in [-0.05, 0) is 68.4 Å². The third-order valence-corrected chi connectivity index (χ3v) is 9.02.